The van der Waals surface area contributed by atoms with Gasteiger partial charge in [-0.05, 0) is 23.5 Å². The summed E-state index contributed by atoms with van der Waals surface area (Å²) >= 11 is 0. The van der Waals surface area contributed by atoms with Gasteiger partial charge in [-0.1, -0.05) is 38.1 Å². The van der Waals surface area contributed by atoms with Crippen LogP contribution in [0.5, 0.6) is 0 Å². The van der Waals surface area contributed by atoms with Crippen molar-refractivity contribution in [3.63, 3.8) is 0 Å². The van der Waals surface area contributed by atoms with E-state index in [0.717, 1.165) is 19.5 Å². The van der Waals surface area contributed by atoms with Crippen molar-refractivity contribution in [3.05, 3.63) is 35.4 Å². The lowest BCUT2D eigenvalue weighted by atomic mass is 10.0. The fourth-order valence-electron chi connectivity index (χ4n) is 2.75. The molecule has 1 aliphatic rings. The fourth-order valence-corrected chi connectivity index (χ4v) is 2.75. The van der Waals surface area contributed by atoms with Gasteiger partial charge < -0.3 is 9.84 Å². The van der Waals surface area contributed by atoms with E-state index >= 15 is 0 Å². The van der Waals surface area contributed by atoms with Gasteiger partial charge in [-0.3, -0.25) is 9.69 Å². The molecule has 0 aromatic heterocycles. The molecule has 4 heteroatoms. The van der Waals surface area contributed by atoms with Gasteiger partial charge in [0.1, 0.15) is 0 Å². The molecular formula is C17H25NO3. The van der Waals surface area contributed by atoms with Crippen molar-refractivity contribution < 1.29 is 14.6 Å². The number of aliphatic carboxylic acids is 1. The first kappa shape index (κ1) is 16.0. The number of carboxylic acid groups (broad SMARTS) is 1. The molecular weight excluding hydrogens is 266 g/mol. The van der Waals surface area contributed by atoms with Crippen molar-refractivity contribution in [1.82, 2.24) is 4.90 Å². The number of hydrogen-bond donors (Lipinski definition) is 1. The van der Waals surface area contributed by atoms with E-state index in [1.165, 1.54) is 11.1 Å². The maximum Gasteiger partial charge on any atom is 0.306 e. The van der Waals surface area contributed by atoms with Crippen LogP contribution in [0.25, 0.3) is 0 Å². The summed E-state index contributed by atoms with van der Waals surface area (Å²) in [4.78, 5) is 13.0. The molecule has 1 atom stereocenters. The Bertz CT molecular complexity index is 456. The van der Waals surface area contributed by atoms with E-state index < -0.39 is 5.97 Å². The molecule has 21 heavy (non-hydrogen) atoms. The van der Waals surface area contributed by atoms with Crippen LogP contribution in [0.1, 0.15) is 31.4 Å². The third-order valence-electron chi connectivity index (χ3n) is 3.70. The van der Waals surface area contributed by atoms with Crippen LogP contribution in [0, 0.1) is 5.92 Å². The van der Waals surface area contributed by atoms with E-state index in [-0.39, 0.29) is 12.5 Å². The van der Waals surface area contributed by atoms with Crippen molar-refractivity contribution in [2.45, 2.75) is 39.3 Å². The van der Waals surface area contributed by atoms with E-state index in [4.69, 9.17) is 9.84 Å². The molecule has 1 heterocycles. The van der Waals surface area contributed by atoms with Crippen LogP contribution in [-0.4, -0.2) is 41.8 Å². The zero-order valence-corrected chi connectivity index (χ0v) is 12.9. The van der Waals surface area contributed by atoms with Gasteiger partial charge in [-0.25, -0.2) is 0 Å². The standard InChI is InChI=1S/C17H25NO3/c1-13(2)9-14-3-5-15(6-4-14)11-18-7-8-21-16(12-18)10-17(19)20/h3-6,13,16H,7-12H2,1-2H3,(H,19,20). The summed E-state index contributed by atoms with van der Waals surface area (Å²) in [7, 11) is 0. The fraction of sp³-hybridized carbons (Fsp3) is 0.588. The second-order valence-corrected chi connectivity index (χ2v) is 6.24. The minimum atomic E-state index is -0.792. The summed E-state index contributed by atoms with van der Waals surface area (Å²) in [5.74, 6) is -0.119. The van der Waals surface area contributed by atoms with Gasteiger partial charge in [0, 0.05) is 19.6 Å². The van der Waals surface area contributed by atoms with Gasteiger partial charge in [0.25, 0.3) is 0 Å². The summed E-state index contributed by atoms with van der Waals surface area (Å²) < 4.78 is 5.50. The number of rotatable bonds is 6. The summed E-state index contributed by atoms with van der Waals surface area (Å²) in [6, 6.07) is 8.76. The summed E-state index contributed by atoms with van der Waals surface area (Å²) in [6.45, 7) is 7.49. The highest BCUT2D eigenvalue weighted by Crippen LogP contribution is 2.14. The number of ether oxygens (including phenoxy) is 1. The third kappa shape index (κ3) is 5.48. The molecule has 0 aliphatic carbocycles. The molecule has 1 saturated heterocycles. The maximum absolute atomic E-state index is 10.8. The lowest BCUT2D eigenvalue weighted by Crippen LogP contribution is -2.42. The number of nitrogens with zero attached hydrogens (tertiary/aromatic N) is 1. The highest BCUT2D eigenvalue weighted by Gasteiger charge is 2.22. The SMILES string of the molecule is CC(C)Cc1ccc(CN2CCOC(CC(=O)O)C2)cc1. The molecule has 0 bridgehead atoms. The van der Waals surface area contributed by atoms with E-state index in [1.807, 2.05) is 0 Å². The normalized spacial score (nSPS) is 19.9. The van der Waals surface area contributed by atoms with Crippen molar-refractivity contribution in [2.75, 3.05) is 19.7 Å². The molecule has 1 aromatic carbocycles. The number of carboxylic acids is 1. The second kappa shape index (κ2) is 7.57. The van der Waals surface area contributed by atoms with Crippen LogP contribution >= 0.6 is 0 Å². The van der Waals surface area contributed by atoms with E-state index in [0.29, 0.717) is 19.1 Å². The van der Waals surface area contributed by atoms with Gasteiger partial charge in [-0.2, -0.15) is 0 Å². The van der Waals surface area contributed by atoms with Crippen LogP contribution in [-0.2, 0) is 22.5 Å². The molecule has 1 fully saturated rings. The molecule has 1 unspecified atom stereocenters. The number of benzene rings is 1. The Labute approximate surface area is 126 Å². The Morgan fingerprint density at radius 1 is 1.33 bits per heavy atom. The molecule has 0 spiro atoms. The van der Waals surface area contributed by atoms with Crippen molar-refractivity contribution in [2.24, 2.45) is 5.92 Å². The Kier molecular flexibility index (Phi) is 5.76. The predicted molar refractivity (Wildman–Crippen MR) is 82.3 cm³/mol. The van der Waals surface area contributed by atoms with Crippen LogP contribution < -0.4 is 0 Å². The summed E-state index contributed by atoms with van der Waals surface area (Å²) in [5, 5.41) is 8.85. The lowest BCUT2D eigenvalue weighted by Gasteiger charge is -2.32. The van der Waals surface area contributed by atoms with Crippen LogP contribution in [0.4, 0.5) is 0 Å². The third-order valence-corrected chi connectivity index (χ3v) is 3.70. The van der Waals surface area contributed by atoms with Crippen LogP contribution in [0.3, 0.4) is 0 Å². The molecule has 116 valence electrons. The van der Waals surface area contributed by atoms with Crippen molar-refractivity contribution in [1.29, 1.82) is 0 Å². The average Bonchev–Trinajstić information content (AvgIpc) is 2.40. The average molecular weight is 291 g/mol. The van der Waals surface area contributed by atoms with E-state index in [1.54, 1.807) is 0 Å². The molecule has 2 rings (SSSR count). The zero-order chi connectivity index (χ0) is 15.2. The first-order chi connectivity index (χ1) is 10.0. The minimum absolute atomic E-state index is 0.0871. The summed E-state index contributed by atoms with van der Waals surface area (Å²) in [6.07, 6.45) is 1.01. The zero-order valence-electron chi connectivity index (χ0n) is 12.9. The number of morpholine rings is 1. The highest BCUT2D eigenvalue weighted by atomic mass is 16.5. The first-order valence-electron chi connectivity index (χ1n) is 7.66. The van der Waals surface area contributed by atoms with E-state index in [2.05, 4.69) is 43.0 Å². The predicted octanol–water partition coefficient (Wildman–Crippen LogP) is 2.56. The molecule has 1 N–H and O–H groups in total. The quantitative estimate of drug-likeness (QED) is 0.875. The van der Waals surface area contributed by atoms with Gasteiger partial charge in [0.2, 0.25) is 0 Å². The molecule has 0 amide bonds. The van der Waals surface area contributed by atoms with Crippen LogP contribution in [0.2, 0.25) is 0 Å². The maximum atomic E-state index is 10.8. The Morgan fingerprint density at radius 3 is 2.62 bits per heavy atom. The van der Waals surface area contributed by atoms with Gasteiger partial charge in [0.15, 0.2) is 0 Å². The van der Waals surface area contributed by atoms with Gasteiger partial charge in [0.05, 0.1) is 19.1 Å². The second-order valence-electron chi connectivity index (χ2n) is 6.24. The van der Waals surface area contributed by atoms with Gasteiger partial charge in [-0.15, -0.1) is 0 Å². The number of hydrogen-bond acceptors (Lipinski definition) is 3. The number of carbonyl (C=O) groups is 1. The lowest BCUT2D eigenvalue weighted by molar-refractivity contribution is -0.142. The smallest absolute Gasteiger partial charge is 0.306 e. The topological polar surface area (TPSA) is 49.8 Å². The molecule has 1 aromatic rings. The minimum Gasteiger partial charge on any atom is -0.481 e. The van der Waals surface area contributed by atoms with Crippen molar-refractivity contribution >= 4 is 5.97 Å². The van der Waals surface area contributed by atoms with Gasteiger partial charge >= 0.3 is 5.97 Å². The molecule has 4 nitrogen and oxygen atoms in total. The highest BCUT2D eigenvalue weighted by molar-refractivity contribution is 5.67. The molecule has 0 radical (unpaired) electrons. The Morgan fingerprint density at radius 2 is 2.00 bits per heavy atom. The molecule has 1 aliphatic heterocycles. The Balaban J connectivity index is 1.87. The Hall–Kier alpha value is -1.39. The largest absolute Gasteiger partial charge is 0.481 e. The monoisotopic (exact) mass is 291 g/mol. The molecule has 0 saturated carbocycles. The van der Waals surface area contributed by atoms with Crippen molar-refractivity contribution in [3.8, 4) is 0 Å². The van der Waals surface area contributed by atoms with E-state index in [9.17, 15) is 4.79 Å². The summed E-state index contributed by atoms with van der Waals surface area (Å²) in [5.41, 5.74) is 2.65. The van der Waals surface area contributed by atoms with Crippen LogP contribution in [0.15, 0.2) is 24.3 Å². The first-order valence-corrected chi connectivity index (χ1v) is 7.66.